The van der Waals surface area contributed by atoms with Crippen LogP contribution in [-0.2, 0) is 20.8 Å². The summed E-state index contributed by atoms with van der Waals surface area (Å²) < 4.78 is 39.2. The summed E-state index contributed by atoms with van der Waals surface area (Å²) in [5, 5.41) is 9.73. The van der Waals surface area contributed by atoms with Crippen LogP contribution in [0.2, 0.25) is 0 Å². The predicted molar refractivity (Wildman–Crippen MR) is 152 cm³/mol. The molecule has 0 fully saturated rings. The Kier molecular flexibility index (Phi) is 10.2. The third-order valence-corrected chi connectivity index (χ3v) is 9.25. The third kappa shape index (κ3) is 7.45. The predicted octanol–water partition coefficient (Wildman–Crippen LogP) is 8.17. The largest absolute Gasteiger partial charge is 0.481 e. The Balaban J connectivity index is 1.67. The van der Waals surface area contributed by atoms with Crippen LogP contribution in [0.3, 0.4) is 0 Å². The quantitative estimate of drug-likeness (QED) is 0.217. The van der Waals surface area contributed by atoms with Crippen molar-refractivity contribution in [3.05, 3.63) is 86.9 Å². The van der Waals surface area contributed by atoms with Gasteiger partial charge in [0.1, 0.15) is 0 Å². The Labute approximate surface area is 234 Å². The lowest BCUT2D eigenvalue weighted by atomic mass is 9.83. The number of halogens is 3. The molecule has 206 valence electrons. The molecule has 0 saturated carbocycles. The monoisotopic (exact) mass is 628 g/mol. The first-order valence-corrected chi connectivity index (χ1v) is 15.8. The molecule has 2 aromatic rings. The smallest absolute Gasteiger partial charge is 0.399 e. The molecule has 0 saturated heterocycles. The van der Waals surface area contributed by atoms with E-state index < -0.39 is 30.7 Å². The lowest BCUT2D eigenvalue weighted by Gasteiger charge is -2.23. The van der Waals surface area contributed by atoms with Gasteiger partial charge < -0.3 is 14.9 Å². The van der Waals surface area contributed by atoms with Crippen molar-refractivity contribution in [2.45, 2.75) is 50.9 Å². The Morgan fingerprint density at radius 3 is 2.45 bits per heavy atom. The van der Waals surface area contributed by atoms with E-state index in [-0.39, 0.29) is 16.3 Å². The minimum atomic E-state index is -5.63. The van der Waals surface area contributed by atoms with Gasteiger partial charge >= 0.3 is 19.2 Å². The number of hydrogen-bond acceptors (Lipinski definition) is 3. The van der Waals surface area contributed by atoms with E-state index in [1.54, 1.807) is 11.8 Å². The highest BCUT2D eigenvalue weighted by Gasteiger charge is 2.51. The summed E-state index contributed by atoms with van der Waals surface area (Å²) in [7, 11) is -5.63. The van der Waals surface area contributed by atoms with Crippen LogP contribution in [0.5, 0.6) is 0 Å². The summed E-state index contributed by atoms with van der Waals surface area (Å²) in [4.78, 5) is 29.8. The van der Waals surface area contributed by atoms with Crippen LogP contribution in [-0.4, -0.2) is 26.6 Å². The first-order valence-electron chi connectivity index (χ1n) is 12.2. The molecule has 0 heterocycles. The molecule has 0 amide bonds. The second-order valence-corrected chi connectivity index (χ2v) is 13.6. The Morgan fingerprint density at radius 2 is 1.87 bits per heavy atom. The van der Waals surface area contributed by atoms with Crippen LogP contribution in [0.1, 0.15) is 61.8 Å². The molecule has 0 aromatic heterocycles. The Bertz CT molecular complexity index is 1290. The Morgan fingerprint density at radius 1 is 1.16 bits per heavy atom. The van der Waals surface area contributed by atoms with E-state index in [2.05, 4.69) is 35.0 Å². The maximum Gasteiger partial charge on any atom is 0.399 e. The lowest BCUT2D eigenvalue weighted by molar-refractivity contribution is -0.139. The third-order valence-electron chi connectivity index (χ3n) is 6.50. The highest BCUT2D eigenvalue weighted by Crippen LogP contribution is 2.60. The van der Waals surface area contributed by atoms with Gasteiger partial charge in [-0.3, -0.25) is 9.36 Å². The van der Waals surface area contributed by atoms with Crippen molar-refractivity contribution < 1.29 is 33.0 Å². The first kappa shape index (κ1) is 30.8. The van der Waals surface area contributed by atoms with Crippen LogP contribution >= 0.6 is 35.3 Å². The van der Waals surface area contributed by atoms with Crippen molar-refractivity contribution in [2.24, 2.45) is 11.8 Å². The standard InChI is InChI=1S/C28H32BrF2O5PS/c1-17(2)11-24(27(32)33)22-6-4-5-21(14-22)23-9-7-19(12-18(23)3)15-38-16-20-8-10-25(26(29)13-20)28(30,31)37(34,35)36/h4-10,13-14,17-18,24H,11-12,15-16H2,1-3H3,(H,32,33)(H2,34,35,36). The number of allylic oxidation sites excluding steroid dienone is 3. The second-order valence-electron chi connectivity index (χ2n) is 10.1. The number of thioether (sulfide) groups is 1. The molecule has 0 radical (unpaired) electrons. The van der Waals surface area contributed by atoms with Gasteiger partial charge in [0.25, 0.3) is 0 Å². The number of carbonyl (C=O) groups is 1. The average Bonchev–Trinajstić information content (AvgIpc) is 2.81. The molecular weight excluding hydrogens is 597 g/mol. The van der Waals surface area contributed by atoms with Gasteiger partial charge in [-0.05, 0) is 53.0 Å². The summed E-state index contributed by atoms with van der Waals surface area (Å²) in [6, 6.07) is 11.8. The number of benzene rings is 2. The average molecular weight is 630 g/mol. The van der Waals surface area contributed by atoms with Gasteiger partial charge in [0.05, 0.1) is 5.92 Å². The van der Waals surface area contributed by atoms with Crippen molar-refractivity contribution in [1.82, 2.24) is 0 Å². The van der Waals surface area contributed by atoms with E-state index in [9.17, 15) is 23.2 Å². The van der Waals surface area contributed by atoms with Crippen LogP contribution in [0.15, 0.2) is 64.7 Å². The highest BCUT2D eigenvalue weighted by molar-refractivity contribution is 9.10. The number of aliphatic carboxylic acids is 1. The van der Waals surface area contributed by atoms with Gasteiger partial charge in [-0.1, -0.05) is 90.8 Å². The topological polar surface area (TPSA) is 94.8 Å². The molecule has 2 unspecified atom stereocenters. The van der Waals surface area contributed by atoms with Gasteiger partial charge in [-0.2, -0.15) is 20.5 Å². The zero-order valence-corrected chi connectivity index (χ0v) is 24.7. The molecular formula is C28H32BrF2O5PS. The molecule has 10 heteroatoms. The fourth-order valence-electron chi connectivity index (χ4n) is 4.57. The van der Waals surface area contributed by atoms with Crippen molar-refractivity contribution in [2.75, 3.05) is 5.75 Å². The number of alkyl halides is 2. The van der Waals surface area contributed by atoms with Crippen molar-refractivity contribution >= 4 is 46.8 Å². The Hall–Kier alpha value is -1.77. The molecule has 0 spiro atoms. The molecule has 2 atom stereocenters. The van der Waals surface area contributed by atoms with E-state index in [0.717, 1.165) is 34.9 Å². The summed E-state index contributed by atoms with van der Waals surface area (Å²) in [5.74, 6) is 0.489. The second kappa shape index (κ2) is 12.6. The van der Waals surface area contributed by atoms with Crippen LogP contribution < -0.4 is 0 Å². The number of hydrogen-bond donors (Lipinski definition) is 3. The summed E-state index contributed by atoms with van der Waals surface area (Å²) in [6.45, 7) is 6.19. The van der Waals surface area contributed by atoms with Crippen molar-refractivity contribution in [1.29, 1.82) is 0 Å². The zero-order valence-electron chi connectivity index (χ0n) is 21.4. The SMILES string of the molecule is CC(C)CC(C(=O)O)c1cccc(C2=CC=C(CSCc3ccc(C(F)(F)P(=O)(O)O)c(Br)c3)CC2C)c1. The van der Waals surface area contributed by atoms with Gasteiger partial charge in [0, 0.05) is 21.5 Å². The maximum atomic E-state index is 14.1. The molecule has 0 aliphatic heterocycles. The fourth-order valence-corrected chi connectivity index (χ4v) is 6.90. The number of carboxylic acids is 1. The lowest BCUT2D eigenvalue weighted by Crippen LogP contribution is -2.14. The molecule has 2 aromatic carbocycles. The summed E-state index contributed by atoms with van der Waals surface area (Å²) in [5.41, 5.74) is 0.0348. The molecule has 3 N–H and O–H groups in total. The van der Waals surface area contributed by atoms with Crippen LogP contribution in [0, 0.1) is 11.8 Å². The van der Waals surface area contributed by atoms with E-state index >= 15 is 0 Å². The molecule has 1 aliphatic carbocycles. The van der Waals surface area contributed by atoms with Gasteiger partial charge in [0.15, 0.2) is 0 Å². The summed E-state index contributed by atoms with van der Waals surface area (Å²) in [6.07, 6.45) is 5.63. The van der Waals surface area contributed by atoms with E-state index in [0.29, 0.717) is 12.2 Å². The van der Waals surface area contributed by atoms with E-state index in [1.807, 2.05) is 38.1 Å². The normalized spacial score (nSPS) is 17.2. The zero-order chi connectivity index (χ0) is 28.3. The van der Waals surface area contributed by atoms with Crippen LogP contribution in [0.25, 0.3) is 5.57 Å². The van der Waals surface area contributed by atoms with Crippen molar-refractivity contribution in [3.8, 4) is 0 Å². The maximum absolute atomic E-state index is 14.1. The number of rotatable bonds is 11. The van der Waals surface area contributed by atoms with Gasteiger partial charge in [-0.25, -0.2) is 0 Å². The molecule has 0 bridgehead atoms. The molecule has 5 nitrogen and oxygen atoms in total. The van der Waals surface area contributed by atoms with Crippen molar-refractivity contribution in [3.63, 3.8) is 0 Å². The van der Waals surface area contributed by atoms with Gasteiger partial charge in [-0.15, -0.1) is 0 Å². The van der Waals surface area contributed by atoms with Crippen LogP contribution in [0.4, 0.5) is 8.78 Å². The molecule has 38 heavy (non-hydrogen) atoms. The molecule has 1 aliphatic rings. The van der Waals surface area contributed by atoms with E-state index in [4.69, 9.17) is 9.79 Å². The van der Waals surface area contributed by atoms with E-state index in [1.165, 1.54) is 23.3 Å². The summed E-state index contributed by atoms with van der Waals surface area (Å²) >= 11 is 4.66. The minimum absolute atomic E-state index is 0.0391. The highest BCUT2D eigenvalue weighted by atomic mass is 79.9. The van der Waals surface area contributed by atoms with Gasteiger partial charge in [0.2, 0.25) is 0 Å². The number of carboxylic acid groups (broad SMARTS) is 1. The first-order chi connectivity index (χ1) is 17.7. The molecule has 3 rings (SSSR count). The minimum Gasteiger partial charge on any atom is -0.481 e. The fraction of sp³-hybridized carbons (Fsp3) is 0.393.